The van der Waals surface area contributed by atoms with E-state index in [0.717, 1.165) is 98.5 Å². The van der Waals surface area contributed by atoms with Crippen LogP contribution in [-0.4, -0.2) is 58.7 Å². The minimum atomic E-state index is 0.328. The molecule has 0 unspecified atom stereocenters. The molecular formula is C41H44ClN5O2. The summed E-state index contributed by atoms with van der Waals surface area (Å²) in [6.45, 7) is 11.2. The summed E-state index contributed by atoms with van der Waals surface area (Å²) < 4.78 is 14.4. The molecule has 1 saturated heterocycles. The van der Waals surface area contributed by atoms with Crippen molar-refractivity contribution >= 4 is 11.6 Å². The van der Waals surface area contributed by atoms with E-state index in [-0.39, 0.29) is 0 Å². The molecule has 6 rings (SSSR count). The van der Waals surface area contributed by atoms with Crippen LogP contribution >= 0.6 is 11.6 Å². The fourth-order valence-corrected chi connectivity index (χ4v) is 6.50. The van der Waals surface area contributed by atoms with Gasteiger partial charge < -0.3 is 18.9 Å². The van der Waals surface area contributed by atoms with Crippen LogP contribution in [0.1, 0.15) is 56.0 Å². The molecule has 7 nitrogen and oxygen atoms in total. The highest BCUT2D eigenvalue weighted by molar-refractivity contribution is 6.30. The monoisotopic (exact) mass is 673 g/mol. The zero-order valence-corrected chi connectivity index (χ0v) is 29.1. The SMILES string of the molecule is CCN(CC)CCCOc1ccc(-n2cc(-c3ccc(Oc4ccc(Cl)cc4)cc3)nc2C2CCN(Cc3ccc(C#N)cc3)CC2)cc1. The smallest absolute Gasteiger partial charge is 0.127 e. The summed E-state index contributed by atoms with van der Waals surface area (Å²) in [5.41, 5.74) is 4.98. The molecule has 0 bridgehead atoms. The van der Waals surface area contributed by atoms with Crippen molar-refractivity contribution in [1.82, 2.24) is 19.4 Å². The number of ether oxygens (including phenoxy) is 2. The van der Waals surface area contributed by atoms with E-state index < -0.39 is 0 Å². The van der Waals surface area contributed by atoms with Gasteiger partial charge in [0, 0.05) is 41.5 Å². The van der Waals surface area contributed by atoms with Crippen molar-refractivity contribution in [3.63, 3.8) is 0 Å². The van der Waals surface area contributed by atoms with Crippen molar-refractivity contribution in [3.05, 3.63) is 125 Å². The van der Waals surface area contributed by atoms with Gasteiger partial charge in [-0.15, -0.1) is 0 Å². The lowest BCUT2D eigenvalue weighted by atomic mass is 9.95. The maximum Gasteiger partial charge on any atom is 0.127 e. The normalized spacial score (nSPS) is 13.8. The Morgan fingerprint density at radius 1 is 0.837 bits per heavy atom. The number of nitriles is 1. The maximum absolute atomic E-state index is 9.15. The van der Waals surface area contributed by atoms with Gasteiger partial charge in [0.2, 0.25) is 0 Å². The van der Waals surface area contributed by atoms with Crippen LogP contribution in [0.5, 0.6) is 17.2 Å². The van der Waals surface area contributed by atoms with Gasteiger partial charge in [0.1, 0.15) is 23.1 Å². The Morgan fingerprint density at radius 3 is 2.10 bits per heavy atom. The van der Waals surface area contributed by atoms with Gasteiger partial charge in [-0.05, 0) is 136 Å². The van der Waals surface area contributed by atoms with Gasteiger partial charge in [-0.1, -0.05) is 37.6 Å². The molecule has 0 spiro atoms. The van der Waals surface area contributed by atoms with Gasteiger partial charge in [-0.2, -0.15) is 5.26 Å². The first-order chi connectivity index (χ1) is 24.0. The quantitative estimate of drug-likeness (QED) is 0.109. The number of hydrogen-bond acceptors (Lipinski definition) is 6. The molecule has 0 amide bonds. The molecule has 1 fully saturated rings. The summed E-state index contributed by atoms with van der Waals surface area (Å²) in [4.78, 5) is 10.2. The summed E-state index contributed by atoms with van der Waals surface area (Å²) in [5.74, 6) is 3.80. The van der Waals surface area contributed by atoms with E-state index in [4.69, 9.17) is 31.3 Å². The second kappa shape index (κ2) is 16.7. The number of piperidine rings is 1. The molecule has 0 atom stereocenters. The first-order valence-electron chi connectivity index (χ1n) is 17.3. The van der Waals surface area contributed by atoms with E-state index in [1.165, 1.54) is 5.56 Å². The summed E-state index contributed by atoms with van der Waals surface area (Å²) >= 11 is 6.04. The van der Waals surface area contributed by atoms with Crippen LogP contribution in [0.3, 0.4) is 0 Å². The third-order valence-corrected chi connectivity index (χ3v) is 9.52. The summed E-state index contributed by atoms with van der Waals surface area (Å²) in [6.07, 6.45) is 5.21. The van der Waals surface area contributed by atoms with Gasteiger partial charge in [0.05, 0.1) is 23.9 Å². The van der Waals surface area contributed by atoms with Gasteiger partial charge in [-0.3, -0.25) is 4.90 Å². The molecule has 0 radical (unpaired) electrons. The van der Waals surface area contributed by atoms with Crippen LogP contribution in [0.15, 0.2) is 103 Å². The summed E-state index contributed by atoms with van der Waals surface area (Å²) in [7, 11) is 0. The minimum absolute atomic E-state index is 0.328. The zero-order valence-electron chi connectivity index (χ0n) is 28.4. The number of likely N-dealkylation sites (tertiary alicyclic amines) is 1. The fourth-order valence-electron chi connectivity index (χ4n) is 6.37. The number of hydrogen-bond donors (Lipinski definition) is 0. The second-order valence-corrected chi connectivity index (χ2v) is 13.0. The van der Waals surface area contributed by atoms with E-state index in [2.05, 4.69) is 89.0 Å². The van der Waals surface area contributed by atoms with Crippen molar-refractivity contribution in [2.75, 3.05) is 39.3 Å². The van der Waals surface area contributed by atoms with Crippen molar-refractivity contribution in [1.29, 1.82) is 5.26 Å². The van der Waals surface area contributed by atoms with E-state index in [0.29, 0.717) is 23.1 Å². The van der Waals surface area contributed by atoms with Crippen LogP contribution in [-0.2, 0) is 6.54 Å². The molecular weight excluding hydrogens is 630 g/mol. The predicted octanol–water partition coefficient (Wildman–Crippen LogP) is 9.35. The first kappa shape index (κ1) is 34.3. The highest BCUT2D eigenvalue weighted by Crippen LogP contribution is 2.34. The van der Waals surface area contributed by atoms with E-state index in [9.17, 15) is 0 Å². The van der Waals surface area contributed by atoms with Crippen LogP contribution in [0, 0.1) is 11.3 Å². The van der Waals surface area contributed by atoms with E-state index in [1.54, 1.807) is 0 Å². The molecule has 1 aliphatic rings. The van der Waals surface area contributed by atoms with Gasteiger partial charge in [0.15, 0.2) is 0 Å². The summed E-state index contributed by atoms with van der Waals surface area (Å²) in [5, 5.41) is 9.82. The molecule has 4 aromatic carbocycles. The number of nitrogens with zero attached hydrogens (tertiary/aromatic N) is 5. The lowest BCUT2D eigenvalue weighted by molar-refractivity contribution is 0.201. The molecule has 0 aliphatic carbocycles. The Labute approximate surface area is 295 Å². The van der Waals surface area contributed by atoms with E-state index in [1.807, 2.05) is 48.5 Å². The standard InChI is InChI=1S/C41H44ClN5O2/c1-3-45(4-2)24-5-27-48-37-20-14-36(15-21-37)47-30-40(33-10-16-38(17-11-33)49-39-18-12-35(42)13-19-39)44-41(47)34-22-25-46(26-23-34)29-32-8-6-31(28-43)7-9-32/h6-21,30,34H,3-5,22-27,29H2,1-2H3. The van der Waals surface area contributed by atoms with Crippen LogP contribution in [0.2, 0.25) is 5.02 Å². The molecule has 1 aromatic heterocycles. The summed E-state index contributed by atoms with van der Waals surface area (Å²) in [6, 6.07) is 34.0. The Bertz CT molecular complexity index is 1800. The van der Waals surface area contributed by atoms with Crippen LogP contribution in [0.4, 0.5) is 0 Å². The van der Waals surface area contributed by atoms with Gasteiger partial charge >= 0.3 is 0 Å². The molecule has 0 N–H and O–H groups in total. The minimum Gasteiger partial charge on any atom is -0.494 e. The average Bonchev–Trinajstić information content (AvgIpc) is 3.59. The van der Waals surface area contributed by atoms with Crippen molar-refractivity contribution in [2.45, 2.75) is 45.6 Å². The third-order valence-electron chi connectivity index (χ3n) is 9.27. The Kier molecular flexibility index (Phi) is 11.7. The topological polar surface area (TPSA) is 66.5 Å². The predicted molar refractivity (Wildman–Crippen MR) is 197 cm³/mol. The number of halogens is 1. The number of benzene rings is 4. The van der Waals surface area contributed by atoms with Crippen LogP contribution in [0.25, 0.3) is 16.9 Å². The van der Waals surface area contributed by atoms with Crippen LogP contribution < -0.4 is 9.47 Å². The third kappa shape index (κ3) is 9.10. The first-order valence-corrected chi connectivity index (χ1v) is 17.7. The van der Waals surface area contributed by atoms with Gasteiger partial charge in [0.25, 0.3) is 0 Å². The number of rotatable bonds is 14. The molecule has 49 heavy (non-hydrogen) atoms. The fraction of sp³-hybridized carbons (Fsp3) is 0.317. The van der Waals surface area contributed by atoms with Crippen molar-refractivity contribution in [3.8, 4) is 40.3 Å². The molecule has 252 valence electrons. The second-order valence-electron chi connectivity index (χ2n) is 12.5. The van der Waals surface area contributed by atoms with E-state index >= 15 is 0 Å². The molecule has 8 heteroatoms. The maximum atomic E-state index is 9.15. The highest BCUT2D eigenvalue weighted by Gasteiger charge is 2.26. The average molecular weight is 674 g/mol. The molecule has 1 aliphatic heterocycles. The van der Waals surface area contributed by atoms with Gasteiger partial charge in [-0.25, -0.2) is 4.98 Å². The van der Waals surface area contributed by atoms with Crippen molar-refractivity contribution in [2.24, 2.45) is 0 Å². The Hall–Kier alpha value is -4.61. The molecule has 5 aromatic rings. The zero-order chi connectivity index (χ0) is 34.0. The Morgan fingerprint density at radius 2 is 1.47 bits per heavy atom. The lowest BCUT2D eigenvalue weighted by Crippen LogP contribution is -2.33. The highest BCUT2D eigenvalue weighted by atomic mass is 35.5. The molecule has 0 saturated carbocycles. The number of imidazole rings is 1. The van der Waals surface area contributed by atoms with Crippen molar-refractivity contribution < 1.29 is 9.47 Å². The largest absolute Gasteiger partial charge is 0.494 e. The lowest BCUT2D eigenvalue weighted by Gasteiger charge is -2.32. The Balaban J connectivity index is 1.18. The number of aromatic nitrogens is 2. The molecule has 2 heterocycles.